The fourth-order valence-corrected chi connectivity index (χ4v) is 1.23. The predicted octanol–water partition coefficient (Wildman–Crippen LogP) is 0.608. The molecule has 0 radical (unpaired) electrons. The molecule has 0 fully saturated rings. The number of nitrogens with two attached hydrogens (primary N) is 2. The van der Waals surface area contributed by atoms with Crippen LogP contribution in [-0.2, 0) is 4.79 Å². The molecule has 0 aliphatic carbocycles. The van der Waals surface area contributed by atoms with Gasteiger partial charge in [-0.3, -0.25) is 9.69 Å². The van der Waals surface area contributed by atoms with Gasteiger partial charge in [-0.25, -0.2) is 4.79 Å². The Labute approximate surface area is 99.6 Å². The number of hydrogen-bond donors (Lipinski definition) is 3. The smallest absolute Gasteiger partial charge is 0.328 e. The van der Waals surface area contributed by atoms with Crippen molar-refractivity contribution in [2.75, 3.05) is 24.1 Å². The van der Waals surface area contributed by atoms with Gasteiger partial charge in [0.25, 0.3) is 0 Å². The minimum Gasteiger partial charge on any atom is -0.399 e. The average Bonchev–Trinajstić information content (AvgIpc) is 2.33. The van der Waals surface area contributed by atoms with E-state index in [-0.39, 0.29) is 0 Å². The topological polar surface area (TPSA) is 101 Å². The number of amides is 3. The highest BCUT2D eigenvalue weighted by Gasteiger charge is 2.11. The minimum absolute atomic E-state index is 0.306. The van der Waals surface area contributed by atoms with Gasteiger partial charge in [0.15, 0.2) is 0 Å². The van der Waals surface area contributed by atoms with Crippen molar-refractivity contribution in [1.82, 2.24) is 4.90 Å². The van der Waals surface area contributed by atoms with Gasteiger partial charge in [0, 0.05) is 17.9 Å². The fourth-order valence-electron chi connectivity index (χ4n) is 1.23. The molecule has 0 spiro atoms. The SMILES string of the molecule is NCCCN(C=O)C(=O)Nc1ccc(N)cc1. The van der Waals surface area contributed by atoms with Gasteiger partial charge < -0.3 is 16.8 Å². The molecule has 0 heterocycles. The summed E-state index contributed by atoms with van der Waals surface area (Å²) in [4.78, 5) is 23.4. The van der Waals surface area contributed by atoms with Crippen LogP contribution < -0.4 is 16.8 Å². The summed E-state index contributed by atoms with van der Waals surface area (Å²) in [7, 11) is 0. The van der Waals surface area contributed by atoms with Gasteiger partial charge in [-0.05, 0) is 37.2 Å². The van der Waals surface area contributed by atoms with Crippen molar-refractivity contribution in [2.45, 2.75) is 6.42 Å². The molecule has 1 aromatic rings. The van der Waals surface area contributed by atoms with Crippen LogP contribution in [0, 0.1) is 0 Å². The Morgan fingerprint density at radius 1 is 1.35 bits per heavy atom. The summed E-state index contributed by atoms with van der Waals surface area (Å²) in [6, 6.07) is 6.19. The number of carbonyl (C=O) groups excluding carboxylic acids is 2. The molecular formula is C11H16N4O2. The number of nitrogens with one attached hydrogen (secondary N) is 1. The van der Waals surface area contributed by atoms with Crippen LogP contribution in [0.5, 0.6) is 0 Å². The molecule has 0 bridgehead atoms. The van der Waals surface area contributed by atoms with Gasteiger partial charge in [-0.2, -0.15) is 0 Å². The fraction of sp³-hybridized carbons (Fsp3) is 0.273. The van der Waals surface area contributed by atoms with Crippen molar-refractivity contribution in [3.8, 4) is 0 Å². The highest BCUT2D eigenvalue weighted by Crippen LogP contribution is 2.10. The Bertz CT molecular complexity index is 378. The van der Waals surface area contributed by atoms with E-state index in [2.05, 4.69) is 5.32 Å². The van der Waals surface area contributed by atoms with E-state index in [9.17, 15) is 9.59 Å². The summed E-state index contributed by atoms with van der Waals surface area (Å²) in [6.45, 7) is 0.736. The Morgan fingerprint density at radius 3 is 2.53 bits per heavy atom. The van der Waals surface area contributed by atoms with Crippen molar-refractivity contribution in [2.24, 2.45) is 5.73 Å². The van der Waals surface area contributed by atoms with Crippen LogP contribution in [0.15, 0.2) is 24.3 Å². The molecule has 1 aromatic carbocycles. The molecule has 0 aliphatic heterocycles. The molecule has 6 heteroatoms. The van der Waals surface area contributed by atoms with Gasteiger partial charge >= 0.3 is 6.03 Å². The van der Waals surface area contributed by atoms with Crippen LogP contribution in [0.4, 0.5) is 16.2 Å². The minimum atomic E-state index is -0.474. The zero-order valence-electron chi connectivity index (χ0n) is 9.43. The summed E-state index contributed by atoms with van der Waals surface area (Å²) in [5.41, 5.74) is 12.0. The van der Waals surface area contributed by atoms with Crippen molar-refractivity contribution < 1.29 is 9.59 Å². The highest BCUT2D eigenvalue weighted by atomic mass is 16.2. The maximum Gasteiger partial charge on any atom is 0.328 e. The second-order valence-electron chi connectivity index (χ2n) is 3.49. The summed E-state index contributed by atoms with van der Waals surface area (Å²) < 4.78 is 0. The number of imide groups is 1. The lowest BCUT2D eigenvalue weighted by molar-refractivity contribution is -0.115. The van der Waals surface area contributed by atoms with Gasteiger partial charge in [-0.15, -0.1) is 0 Å². The maximum absolute atomic E-state index is 11.6. The molecule has 17 heavy (non-hydrogen) atoms. The van der Waals surface area contributed by atoms with Crippen LogP contribution in [0.25, 0.3) is 0 Å². The molecule has 0 saturated heterocycles. The number of hydrogen-bond acceptors (Lipinski definition) is 4. The molecular weight excluding hydrogens is 220 g/mol. The van der Waals surface area contributed by atoms with Crippen LogP contribution >= 0.6 is 0 Å². The van der Waals surface area contributed by atoms with Crippen molar-refractivity contribution in [3.05, 3.63) is 24.3 Å². The number of rotatable bonds is 5. The van der Waals surface area contributed by atoms with Crippen LogP contribution in [0.3, 0.4) is 0 Å². The third-order valence-corrected chi connectivity index (χ3v) is 2.15. The lowest BCUT2D eigenvalue weighted by atomic mass is 10.3. The van der Waals surface area contributed by atoms with E-state index in [1.54, 1.807) is 24.3 Å². The molecule has 0 atom stereocenters. The first-order valence-electron chi connectivity index (χ1n) is 5.26. The van der Waals surface area contributed by atoms with Gasteiger partial charge in [0.05, 0.1) is 0 Å². The Hall–Kier alpha value is -2.08. The third kappa shape index (κ3) is 4.12. The molecule has 3 amide bonds. The molecule has 0 unspecified atom stereocenters. The zero-order valence-corrected chi connectivity index (χ0v) is 9.43. The van der Waals surface area contributed by atoms with E-state index in [0.29, 0.717) is 37.3 Å². The Balaban J connectivity index is 2.57. The molecule has 5 N–H and O–H groups in total. The van der Waals surface area contributed by atoms with E-state index in [4.69, 9.17) is 11.5 Å². The molecule has 0 aromatic heterocycles. The first-order chi connectivity index (χ1) is 8.17. The summed E-state index contributed by atoms with van der Waals surface area (Å²) >= 11 is 0. The zero-order chi connectivity index (χ0) is 12.7. The third-order valence-electron chi connectivity index (χ3n) is 2.15. The van der Waals surface area contributed by atoms with E-state index in [0.717, 1.165) is 4.90 Å². The molecule has 1 rings (SSSR count). The number of nitrogen functional groups attached to an aromatic ring is 1. The van der Waals surface area contributed by atoms with Crippen LogP contribution in [-0.4, -0.2) is 30.4 Å². The first kappa shape index (κ1) is 13.0. The first-order valence-corrected chi connectivity index (χ1v) is 5.26. The van der Waals surface area contributed by atoms with Gasteiger partial charge in [0.2, 0.25) is 6.41 Å². The van der Waals surface area contributed by atoms with E-state index in [1.807, 2.05) is 0 Å². The number of carbonyl (C=O) groups is 2. The van der Waals surface area contributed by atoms with Crippen LogP contribution in [0.1, 0.15) is 6.42 Å². The molecule has 92 valence electrons. The summed E-state index contributed by atoms with van der Waals surface area (Å²) in [5, 5.41) is 2.59. The predicted molar refractivity (Wildman–Crippen MR) is 66.3 cm³/mol. The Morgan fingerprint density at radius 2 is 2.00 bits per heavy atom. The van der Waals surface area contributed by atoms with E-state index < -0.39 is 6.03 Å². The van der Waals surface area contributed by atoms with E-state index in [1.165, 1.54) is 0 Å². The Kier molecular flexibility index (Phi) is 4.96. The standard InChI is InChI=1S/C11H16N4O2/c12-6-1-7-15(8-16)11(17)14-10-4-2-9(13)3-5-10/h2-5,8H,1,6-7,12-13H2,(H,14,17). The number of benzene rings is 1. The molecule has 6 nitrogen and oxygen atoms in total. The van der Waals surface area contributed by atoms with Gasteiger partial charge in [-0.1, -0.05) is 0 Å². The second-order valence-corrected chi connectivity index (χ2v) is 3.49. The molecule has 0 saturated carbocycles. The second kappa shape index (κ2) is 6.49. The lowest BCUT2D eigenvalue weighted by Gasteiger charge is -2.15. The summed E-state index contributed by atoms with van der Waals surface area (Å²) in [5.74, 6) is 0. The van der Waals surface area contributed by atoms with Crippen molar-refractivity contribution in [1.29, 1.82) is 0 Å². The number of nitrogens with zero attached hydrogens (tertiary/aromatic N) is 1. The average molecular weight is 236 g/mol. The van der Waals surface area contributed by atoms with E-state index >= 15 is 0 Å². The number of urea groups is 1. The lowest BCUT2D eigenvalue weighted by Crippen LogP contribution is -2.35. The van der Waals surface area contributed by atoms with Crippen LogP contribution in [0.2, 0.25) is 0 Å². The normalized spacial score (nSPS) is 9.71. The maximum atomic E-state index is 11.6. The summed E-state index contributed by atoms with van der Waals surface area (Å²) in [6.07, 6.45) is 1.07. The van der Waals surface area contributed by atoms with Crippen molar-refractivity contribution >= 4 is 23.8 Å². The van der Waals surface area contributed by atoms with Gasteiger partial charge in [0.1, 0.15) is 0 Å². The monoisotopic (exact) mass is 236 g/mol. The van der Waals surface area contributed by atoms with Crippen molar-refractivity contribution in [3.63, 3.8) is 0 Å². The largest absolute Gasteiger partial charge is 0.399 e. The number of anilines is 2. The highest BCUT2D eigenvalue weighted by molar-refractivity contribution is 5.95. The quantitative estimate of drug-likeness (QED) is 0.515. The molecule has 0 aliphatic rings.